The van der Waals surface area contributed by atoms with Crippen molar-refractivity contribution >= 4 is 11.6 Å². The van der Waals surface area contributed by atoms with Crippen LogP contribution in [-0.2, 0) is 0 Å². The lowest BCUT2D eigenvalue weighted by Gasteiger charge is -2.06. The predicted octanol–water partition coefficient (Wildman–Crippen LogP) is 2.98. The summed E-state index contributed by atoms with van der Waals surface area (Å²) in [6, 6.07) is 0. The third-order valence-electron chi connectivity index (χ3n) is 1.53. The molecule has 0 amide bonds. The molecule has 0 radical (unpaired) electrons. The fraction of sp³-hybridized carbons (Fsp3) is 0.556. The number of likely N-dealkylation sites (N-methyl/N-ethyl adjacent to an activating group) is 1. The van der Waals surface area contributed by atoms with Gasteiger partial charge in [-0.1, -0.05) is 24.6 Å². The van der Waals surface area contributed by atoms with Crippen molar-refractivity contribution in [3.8, 4) is 0 Å². The third-order valence-corrected chi connectivity index (χ3v) is 1.98. The third kappa shape index (κ3) is 3.37. The Balaban J connectivity index is 4.65. The highest BCUT2D eigenvalue weighted by atomic mass is 35.5. The van der Waals surface area contributed by atoms with Crippen molar-refractivity contribution in [3.63, 3.8) is 0 Å². The molecular formula is C9H15ClFN. The predicted molar refractivity (Wildman–Crippen MR) is 52.0 cm³/mol. The van der Waals surface area contributed by atoms with E-state index in [0.29, 0.717) is 23.6 Å². The fourth-order valence-electron chi connectivity index (χ4n) is 0.874. The summed E-state index contributed by atoms with van der Waals surface area (Å²) in [5, 5.41) is 3.36. The Labute approximate surface area is 78.3 Å². The van der Waals surface area contributed by atoms with Crippen LogP contribution >= 0.6 is 11.6 Å². The molecule has 0 saturated heterocycles. The van der Waals surface area contributed by atoms with Crippen molar-refractivity contribution in [1.29, 1.82) is 0 Å². The number of rotatable bonds is 4. The van der Waals surface area contributed by atoms with E-state index in [1.54, 1.807) is 27.0 Å². The fourth-order valence-corrected chi connectivity index (χ4v) is 1.04. The van der Waals surface area contributed by atoms with Gasteiger partial charge in [-0.15, -0.1) is 0 Å². The highest BCUT2D eigenvalue weighted by molar-refractivity contribution is 6.32. The zero-order valence-electron chi connectivity index (χ0n) is 7.75. The van der Waals surface area contributed by atoms with Crippen molar-refractivity contribution in [2.75, 3.05) is 13.6 Å². The first-order valence-electron chi connectivity index (χ1n) is 4.01. The summed E-state index contributed by atoms with van der Waals surface area (Å²) in [5.74, 6) is -0.146. The second-order valence-corrected chi connectivity index (χ2v) is 2.81. The van der Waals surface area contributed by atoms with Gasteiger partial charge in [-0.2, -0.15) is 0 Å². The van der Waals surface area contributed by atoms with Gasteiger partial charge in [-0.05, 0) is 20.4 Å². The molecule has 0 spiro atoms. The van der Waals surface area contributed by atoms with E-state index >= 15 is 0 Å². The molecule has 0 aromatic rings. The molecule has 0 aliphatic rings. The van der Waals surface area contributed by atoms with E-state index in [4.69, 9.17) is 11.6 Å². The maximum Gasteiger partial charge on any atom is 0.106 e. The highest BCUT2D eigenvalue weighted by Gasteiger charge is 2.06. The van der Waals surface area contributed by atoms with Crippen molar-refractivity contribution in [1.82, 2.24) is 5.32 Å². The molecule has 0 saturated carbocycles. The number of hydrogen-bond acceptors (Lipinski definition) is 1. The van der Waals surface area contributed by atoms with Crippen LogP contribution in [-0.4, -0.2) is 13.6 Å². The van der Waals surface area contributed by atoms with Crippen LogP contribution in [0.15, 0.2) is 22.5 Å². The molecule has 1 N–H and O–H groups in total. The molecule has 0 rings (SSSR count). The van der Waals surface area contributed by atoms with Gasteiger partial charge in [0, 0.05) is 17.2 Å². The second kappa shape index (κ2) is 6.21. The summed E-state index contributed by atoms with van der Waals surface area (Å²) in [6.45, 7) is 4.04. The quantitative estimate of drug-likeness (QED) is 0.674. The number of allylic oxidation sites excluding steroid dienone is 2. The standard InChI is InChI=1S/C9H15ClFN/c1-4-8(10)7(6-12-3)9(11)5-2/h4,12H,5-6H2,1-3H3/b8-4+,9-7+. The molecule has 0 aromatic carbocycles. The number of halogens is 2. The van der Waals surface area contributed by atoms with E-state index in [1.807, 2.05) is 0 Å². The van der Waals surface area contributed by atoms with E-state index in [9.17, 15) is 4.39 Å². The van der Waals surface area contributed by atoms with Gasteiger partial charge < -0.3 is 5.32 Å². The summed E-state index contributed by atoms with van der Waals surface area (Å²) < 4.78 is 13.1. The van der Waals surface area contributed by atoms with E-state index in [1.165, 1.54) is 0 Å². The molecule has 0 atom stereocenters. The number of hydrogen-bond donors (Lipinski definition) is 1. The average molecular weight is 192 g/mol. The van der Waals surface area contributed by atoms with Gasteiger partial charge >= 0.3 is 0 Å². The second-order valence-electron chi connectivity index (χ2n) is 2.40. The molecule has 12 heavy (non-hydrogen) atoms. The Hall–Kier alpha value is -0.340. The van der Waals surface area contributed by atoms with Crippen LogP contribution in [0.4, 0.5) is 4.39 Å². The first-order valence-corrected chi connectivity index (χ1v) is 4.39. The summed E-state index contributed by atoms with van der Waals surface area (Å²) >= 11 is 5.81. The lowest BCUT2D eigenvalue weighted by Crippen LogP contribution is -2.11. The molecule has 0 aliphatic carbocycles. The average Bonchev–Trinajstić information content (AvgIpc) is 2.11. The summed E-state index contributed by atoms with van der Waals surface area (Å²) in [5.41, 5.74) is 0.559. The van der Waals surface area contributed by atoms with Crippen LogP contribution in [0.1, 0.15) is 20.3 Å². The summed E-state index contributed by atoms with van der Waals surface area (Å²) in [7, 11) is 1.77. The first kappa shape index (κ1) is 11.7. The van der Waals surface area contributed by atoms with Gasteiger partial charge in [-0.25, -0.2) is 4.39 Å². The van der Waals surface area contributed by atoms with Crippen molar-refractivity contribution < 1.29 is 4.39 Å². The van der Waals surface area contributed by atoms with Crippen LogP contribution in [0.3, 0.4) is 0 Å². The Bertz CT molecular complexity index is 197. The van der Waals surface area contributed by atoms with Crippen LogP contribution in [0.5, 0.6) is 0 Å². The minimum atomic E-state index is -0.146. The lowest BCUT2D eigenvalue weighted by atomic mass is 10.2. The van der Waals surface area contributed by atoms with Crippen LogP contribution in [0.2, 0.25) is 0 Å². The minimum absolute atomic E-state index is 0.146. The summed E-state index contributed by atoms with van der Waals surface area (Å²) in [4.78, 5) is 0. The molecule has 70 valence electrons. The highest BCUT2D eigenvalue weighted by Crippen LogP contribution is 2.20. The smallest absolute Gasteiger partial charge is 0.106 e. The Morgan fingerprint density at radius 3 is 2.50 bits per heavy atom. The van der Waals surface area contributed by atoms with E-state index in [-0.39, 0.29) is 5.83 Å². The maximum absolute atomic E-state index is 13.1. The van der Waals surface area contributed by atoms with E-state index < -0.39 is 0 Å². The Morgan fingerprint density at radius 1 is 1.58 bits per heavy atom. The van der Waals surface area contributed by atoms with Crippen LogP contribution in [0, 0.1) is 0 Å². The Morgan fingerprint density at radius 2 is 2.17 bits per heavy atom. The van der Waals surface area contributed by atoms with Crippen molar-refractivity contribution in [2.24, 2.45) is 0 Å². The normalized spacial score (nSPS) is 14.6. The topological polar surface area (TPSA) is 12.0 Å². The van der Waals surface area contributed by atoms with Gasteiger partial charge in [0.05, 0.1) is 0 Å². The number of nitrogens with one attached hydrogen (secondary N) is 1. The van der Waals surface area contributed by atoms with Gasteiger partial charge in [0.1, 0.15) is 5.83 Å². The van der Waals surface area contributed by atoms with Gasteiger partial charge in [0.2, 0.25) is 0 Å². The van der Waals surface area contributed by atoms with E-state index in [0.717, 1.165) is 0 Å². The maximum atomic E-state index is 13.1. The van der Waals surface area contributed by atoms with Crippen LogP contribution < -0.4 is 5.32 Å². The zero-order valence-corrected chi connectivity index (χ0v) is 8.50. The summed E-state index contributed by atoms with van der Waals surface area (Å²) in [6.07, 6.45) is 2.09. The van der Waals surface area contributed by atoms with Gasteiger partial charge in [0.25, 0.3) is 0 Å². The molecule has 0 aliphatic heterocycles. The molecule has 0 fully saturated rings. The molecule has 0 unspecified atom stereocenters. The van der Waals surface area contributed by atoms with Crippen LogP contribution in [0.25, 0.3) is 0 Å². The molecule has 1 nitrogen and oxygen atoms in total. The molecule has 0 bridgehead atoms. The monoisotopic (exact) mass is 191 g/mol. The molecular weight excluding hydrogens is 177 g/mol. The van der Waals surface area contributed by atoms with Crippen molar-refractivity contribution in [3.05, 3.63) is 22.5 Å². The SMILES string of the molecule is C/C=C(Cl)\C(CNC)=C(\F)CC. The largest absolute Gasteiger partial charge is 0.316 e. The van der Waals surface area contributed by atoms with Gasteiger partial charge in [0.15, 0.2) is 0 Å². The lowest BCUT2D eigenvalue weighted by molar-refractivity contribution is 0.588. The zero-order chi connectivity index (χ0) is 9.56. The minimum Gasteiger partial charge on any atom is -0.316 e. The Kier molecular flexibility index (Phi) is 6.03. The van der Waals surface area contributed by atoms with E-state index in [2.05, 4.69) is 5.32 Å². The molecule has 0 aromatic heterocycles. The van der Waals surface area contributed by atoms with Crippen molar-refractivity contribution in [2.45, 2.75) is 20.3 Å². The first-order chi connectivity index (χ1) is 5.67. The van der Waals surface area contributed by atoms with Gasteiger partial charge in [-0.3, -0.25) is 0 Å². The molecule has 0 heterocycles. The molecule has 3 heteroatoms.